The van der Waals surface area contributed by atoms with Gasteiger partial charge in [-0.25, -0.2) is 15.0 Å². The Labute approximate surface area is 113 Å². The van der Waals surface area contributed by atoms with E-state index in [0.29, 0.717) is 5.82 Å². The molecule has 1 aromatic heterocycles. The maximum atomic E-state index is 4.28. The molecule has 0 aliphatic carbocycles. The van der Waals surface area contributed by atoms with Crippen molar-refractivity contribution in [3.05, 3.63) is 47.3 Å². The lowest BCUT2D eigenvalue weighted by Crippen LogP contribution is -2.07. The Kier molecular flexibility index (Phi) is 3.90. The number of anilines is 1. The molecule has 0 N–H and O–H groups in total. The normalized spacial score (nSPS) is 10.9. The summed E-state index contributed by atoms with van der Waals surface area (Å²) in [5, 5.41) is 0. The fraction of sp³-hybridized carbons (Fsp3) is 0.267. The Hall–Kier alpha value is -2.23. The summed E-state index contributed by atoms with van der Waals surface area (Å²) in [6, 6.07) is 8.33. The number of aryl methyl sites for hydroxylation is 2. The number of hydrogen-bond donors (Lipinski definition) is 0. The third-order valence-corrected chi connectivity index (χ3v) is 2.71. The molecular weight excluding hydrogens is 236 g/mol. The molecule has 0 aliphatic rings. The first kappa shape index (κ1) is 13.2. The molecule has 0 fully saturated rings. The van der Waals surface area contributed by atoms with Gasteiger partial charge >= 0.3 is 0 Å². The van der Waals surface area contributed by atoms with Gasteiger partial charge in [0.2, 0.25) is 0 Å². The second kappa shape index (κ2) is 5.61. The van der Waals surface area contributed by atoms with Gasteiger partial charge in [0.05, 0.1) is 0 Å². The summed E-state index contributed by atoms with van der Waals surface area (Å²) in [6.45, 7) is 3.75. The van der Waals surface area contributed by atoms with Crippen LogP contribution < -0.4 is 4.90 Å². The topological polar surface area (TPSA) is 41.9 Å². The molecular formula is C15H18N4. The van der Waals surface area contributed by atoms with Crippen molar-refractivity contribution in [1.29, 1.82) is 0 Å². The number of benzene rings is 1. The highest BCUT2D eigenvalue weighted by Crippen LogP contribution is 2.13. The summed E-state index contributed by atoms with van der Waals surface area (Å²) < 4.78 is 0. The molecule has 2 rings (SSSR count). The van der Waals surface area contributed by atoms with E-state index >= 15 is 0 Å². The summed E-state index contributed by atoms with van der Waals surface area (Å²) in [5.41, 5.74) is 2.31. The van der Waals surface area contributed by atoms with Gasteiger partial charge in [0, 0.05) is 19.8 Å². The molecule has 1 aromatic carbocycles. The lowest BCUT2D eigenvalue weighted by molar-refractivity contribution is 0.908. The zero-order valence-corrected chi connectivity index (χ0v) is 11.8. The van der Waals surface area contributed by atoms with Gasteiger partial charge in [0.25, 0.3) is 0 Å². The van der Waals surface area contributed by atoms with Crippen LogP contribution in [0.4, 0.5) is 5.69 Å². The molecule has 0 atom stereocenters. The highest BCUT2D eigenvalue weighted by atomic mass is 15.1. The zero-order valence-electron chi connectivity index (χ0n) is 11.8. The molecule has 0 bridgehead atoms. The van der Waals surface area contributed by atoms with Crippen molar-refractivity contribution in [2.45, 2.75) is 13.8 Å². The van der Waals surface area contributed by atoms with Crippen LogP contribution in [0.25, 0.3) is 12.2 Å². The number of rotatable bonds is 3. The number of aromatic nitrogens is 3. The quantitative estimate of drug-likeness (QED) is 0.844. The van der Waals surface area contributed by atoms with E-state index in [1.165, 1.54) is 5.69 Å². The Bertz CT molecular complexity index is 565. The van der Waals surface area contributed by atoms with Crippen LogP contribution in [0.2, 0.25) is 0 Å². The number of nitrogens with zero attached hydrogens (tertiary/aromatic N) is 4. The van der Waals surface area contributed by atoms with Crippen molar-refractivity contribution in [2.75, 3.05) is 19.0 Å². The third-order valence-electron chi connectivity index (χ3n) is 2.71. The van der Waals surface area contributed by atoms with Gasteiger partial charge in [0.15, 0.2) is 5.82 Å². The molecule has 1 heterocycles. The van der Waals surface area contributed by atoms with E-state index in [4.69, 9.17) is 0 Å². The van der Waals surface area contributed by atoms with E-state index in [-0.39, 0.29) is 0 Å². The van der Waals surface area contributed by atoms with Crippen molar-refractivity contribution >= 4 is 17.8 Å². The van der Waals surface area contributed by atoms with Crippen LogP contribution in [0, 0.1) is 13.8 Å². The molecule has 2 aromatic rings. The maximum absolute atomic E-state index is 4.28. The molecule has 0 saturated carbocycles. The molecule has 0 spiro atoms. The average Bonchev–Trinajstić information content (AvgIpc) is 2.36. The molecule has 4 heteroatoms. The van der Waals surface area contributed by atoms with Crippen LogP contribution in [0.3, 0.4) is 0 Å². The first-order valence-corrected chi connectivity index (χ1v) is 6.19. The summed E-state index contributed by atoms with van der Waals surface area (Å²) >= 11 is 0. The monoisotopic (exact) mass is 254 g/mol. The van der Waals surface area contributed by atoms with E-state index in [1.54, 1.807) is 0 Å². The maximum Gasteiger partial charge on any atom is 0.156 e. The third kappa shape index (κ3) is 3.61. The molecule has 0 saturated heterocycles. The largest absolute Gasteiger partial charge is 0.378 e. The second-order valence-electron chi connectivity index (χ2n) is 4.61. The standard InChI is InChI=1S/C15H18N4/c1-11-16-12(2)18-15(17-11)10-7-13-5-8-14(9-6-13)19(3)4/h5-10H,1-4H3/b10-7+. The fourth-order valence-corrected chi connectivity index (χ4v) is 1.77. The summed E-state index contributed by atoms with van der Waals surface area (Å²) in [5.74, 6) is 2.19. The molecule has 98 valence electrons. The van der Waals surface area contributed by atoms with Crippen LogP contribution >= 0.6 is 0 Å². The summed E-state index contributed by atoms with van der Waals surface area (Å²) in [4.78, 5) is 14.8. The summed E-state index contributed by atoms with van der Waals surface area (Å²) in [6.07, 6.45) is 3.92. The molecule has 0 amide bonds. The van der Waals surface area contributed by atoms with Crippen LogP contribution in [0.5, 0.6) is 0 Å². The van der Waals surface area contributed by atoms with Crippen molar-refractivity contribution in [2.24, 2.45) is 0 Å². The Morgan fingerprint density at radius 3 is 1.95 bits per heavy atom. The lowest BCUT2D eigenvalue weighted by Gasteiger charge is -2.11. The van der Waals surface area contributed by atoms with E-state index < -0.39 is 0 Å². The van der Waals surface area contributed by atoms with Crippen molar-refractivity contribution in [3.63, 3.8) is 0 Å². The number of hydrogen-bond acceptors (Lipinski definition) is 4. The Morgan fingerprint density at radius 2 is 1.42 bits per heavy atom. The lowest BCUT2D eigenvalue weighted by atomic mass is 10.2. The molecule has 4 nitrogen and oxygen atoms in total. The predicted molar refractivity (Wildman–Crippen MR) is 79.0 cm³/mol. The van der Waals surface area contributed by atoms with E-state index in [0.717, 1.165) is 17.2 Å². The molecule has 0 aliphatic heterocycles. The first-order chi connectivity index (χ1) is 9.04. The van der Waals surface area contributed by atoms with Gasteiger partial charge in [-0.2, -0.15) is 0 Å². The Morgan fingerprint density at radius 1 is 0.842 bits per heavy atom. The molecule has 19 heavy (non-hydrogen) atoms. The SMILES string of the molecule is Cc1nc(C)nc(/C=C/c2ccc(N(C)C)cc2)n1. The van der Waals surface area contributed by atoms with Gasteiger partial charge in [0.1, 0.15) is 11.6 Å². The van der Waals surface area contributed by atoms with Gasteiger partial charge in [-0.3, -0.25) is 0 Å². The smallest absolute Gasteiger partial charge is 0.156 e. The molecule has 0 radical (unpaired) electrons. The minimum absolute atomic E-state index is 0.696. The average molecular weight is 254 g/mol. The molecule has 0 unspecified atom stereocenters. The summed E-state index contributed by atoms with van der Waals surface area (Å²) in [7, 11) is 4.06. The van der Waals surface area contributed by atoms with Gasteiger partial charge < -0.3 is 4.90 Å². The van der Waals surface area contributed by atoms with Crippen LogP contribution in [0.15, 0.2) is 24.3 Å². The van der Waals surface area contributed by atoms with E-state index in [9.17, 15) is 0 Å². The highest BCUT2D eigenvalue weighted by Gasteiger charge is 1.97. The van der Waals surface area contributed by atoms with Gasteiger partial charge in [-0.1, -0.05) is 18.2 Å². The fourth-order valence-electron chi connectivity index (χ4n) is 1.77. The van der Waals surface area contributed by atoms with Gasteiger partial charge in [-0.05, 0) is 37.6 Å². The van der Waals surface area contributed by atoms with Crippen LogP contribution in [-0.4, -0.2) is 29.0 Å². The van der Waals surface area contributed by atoms with Crippen molar-refractivity contribution < 1.29 is 0 Å². The predicted octanol–water partition coefficient (Wildman–Crippen LogP) is 2.72. The zero-order chi connectivity index (χ0) is 13.8. The van der Waals surface area contributed by atoms with Gasteiger partial charge in [-0.15, -0.1) is 0 Å². The van der Waals surface area contributed by atoms with Crippen molar-refractivity contribution in [1.82, 2.24) is 15.0 Å². The van der Waals surface area contributed by atoms with Crippen LogP contribution in [0.1, 0.15) is 23.0 Å². The van der Waals surface area contributed by atoms with Crippen molar-refractivity contribution in [3.8, 4) is 0 Å². The highest BCUT2D eigenvalue weighted by molar-refractivity contribution is 5.67. The van der Waals surface area contributed by atoms with E-state index in [1.807, 2.05) is 40.1 Å². The minimum Gasteiger partial charge on any atom is -0.378 e. The minimum atomic E-state index is 0.696. The Balaban J connectivity index is 2.17. The van der Waals surface area contributed by atoms with Crippen LogP contribution in [-0.2, 0) is 0 Å². The second-order valence-corrected chi connectivity index (χ2v) is 4.61. The first-order valence-electron chi connectivity index (χ1n) is 6.19. The van der Waals surface area contributed by atoms with E-state index in [2.05, 4.69) is 44.1 Å².